The van der Waals surface area contributed by atoms with Crippen LogP contribution in [0.3, 0.4) is 0 Å². The molecule has 2 aliphatic rings. The summed E-state index contributed by atoms with van der Waals surface area (Å²) in [5.74, 6) is -0.173. The molecule has 1 aromatic rings. The van der Waals surface area contributed by atoms with Gasteiger partial charge in [0.25, 0.3) is 0 Å². The van der Waals surface area contributed by atoms with Gasteiger partial charge >= 0.3 is 0 Å². The van der Waals surface area contributed by atoms with E-state index in [4.69, 9.17) is 9.47 Å². The molecule has 2 unspecified atom stereocenters. The highest BCUT2D eigenvalue weighted by Crippen LogP contribution is 2.20. The molecule has 0 spiro atoms. The molecule has 134 valence electrons. The van der Waals surface area contributed by atoms with Crippen molar-refractivity contribution in [2.75, 3.05) is 57.4 Å². The number of ether oxygens (including phenoxy) is 2. The first-order valence-corrected chi connectivity index (χ1v) is 8.81. The van der Waals surface area contributed by atoms with E-state index in [1.807, 2.05) is 12.1 Å². The van der Waals surface area contributed by atoms with Gasteiger partial charge in [0.15, 0.2) is 0 Å². The zero-order chi connectivity index (χ0) is 16.8. The summed E-state index contributed by atoms with van der Waals surface area (Å²) >= 11 is 0. The highest BCUT2D eigenvalue weighted by Gasteiger charge is 2.21. The number of piperazine rings is 1. The normalized spacial score (nSPS) is 23.6. The lowest BCUT2D eigenvalue weighted by atomic mass is 10.2. The molecule has 2 aliphatic heterocycles. The Balaban J connectivity index is 1.35. The monoisotopic (exact) mass is 338 g/mol. The molecule has 5 nitrogen and oxygen atoms in total. The number of para-hydroxylation sites is 1. The molecule has 0 aliphatic carbocycles. The predicted octanol–water partition coefficient (Wildman–Crippen LogP) is 1.50. The summed E-state index contributed by atoms with van der Waals surface area (Å²) in [6, 6.07) is 6.89. The Labute approximate surface area is 143 Å². The van der Waals surface area contributed by atoms with Crippen LogP contribution in [-0.4, -0.2) is 74.8 Å². The largest absolute Gasteiger partial charge is 0.389 e. The van der Waals surface area contributed by atoms with E-state index >= 15 is 0 Å². The number of hydrogen-bond acceptors (Lipinski definition) is 5. The summed E-state index contributed by atoms with van der Waals surface area (Å²) in [5, 5.41) is 10.1. The van der Waals surface area contributed by atoms with Gasteiger partial charge in [0.1, 0.15) is 5.82 Å². The highest BCUT2D eigenvalue weighted by molar-refractivity contribution is 5.47. The second-order valence-electron chi connectivity index (χ2n) is 6.57. The lowest BCUT2D eigenvalue weighted by molar-refractivity contribution is -0.0254. The van der Waals surface area contributed by atoms with Crippen LogP contribution in [0.2, 0.25) is 0 Å². The Morgan fingerprint density at radius 1 is 1.25 bits per heavy atom. The molecule has 3 rings (SSSR count). The van der Waals surface area contributed by atoms with E-state index in [0.717, 1.165) is 45.6 Å². The van der Waals surface area contributed by atoms with Crippen molar-refractivity contribution >= 4 is 5.69 Å². The van der Waals surface area contributed by atoms with E-state index < -0.39 is 6.10 Å². The van der Waals surface area contributed by atoms with Crippen LogP contribution in [0, 0.1) is 5.82 Å². The predicted molar refractivity (Wildman–Crippen MR) is 90.9 cm³/mol. The van der Waals surface area contributed by atoms with Gasteiger partial charge in [0.05, 0.1) is 31.1 Å². The number of aliphatic hydroxyl groups is 1. The maximum absolute atomic E-state index is 13.8. The smallest absolute Gasteiger partial charge is 0.146 e. The average Bonchev–Trinajstić information content (AvgIpc) is 3.10. The fourth-order valence-electron chi connectivity index (χ4n) is 3.34. The van der Waals surface area contributed by atoms with Gasteiger partial charge in [0.2, 0.25) is 0 Å². The van der Waals surface area contributed by atoms with Gasteiger partial charge in [-0.25, -0.2) is 4.39 Å². The molecule has 2 atom stereocenters. The molecular weight excluding hydrogens is 311 g/mol. The van der Waals surface area contributed by atoms with Crippen LogP contribution < -0.4 is 4.90 Å². The standard InChI is InChI=1S/C18H27FN2O3/c19-17-5-1-2-6-18(17)21-9-7-20(8-10-21)12-15(22)13-23-14-16-4-3-11-24-16/h1-2,5-6,15-16,22H,3-4,7-14H2. The molecule has 0 aromatic heterocycles. The van der Waals surface area contributed by atoms with Crippen LogP contribution in [0.1, 0.15) is 12.8 Å². The van der Waals surface area contributed by atoms with Crippen LogP contribution in [-0.2, 0) is 9.47 Å². The zero-order valence-electron chi connectivity index (χ0n) is 14.1. The number of rotatable bonds is 7. The van der Waals surface area contributed by atoms with Crippen molar-refractivity contribution < 1.29 is 19.0 Å². The Morgan fingerprint density at radius 2 is 2.04 bits per heavy atom. The molecular formula is C18H27FN2O3. The summed E-state index contributed by atoms with van der Waals surface area (Å²) in [6.07, 6.45) is 1.85. The van der Waals surface area contributed by atoms with Gasteiger partial charge in [0, 0.05) is 39.3 Å². The second kappa shape index (κ2) is 8.76. The number of halogens is 1. The van der Waals surface area contributed by atoms with Crippen LogP contribution in [0.25, 0.3) is 0 Å². The Kier molecular flexibility index (Phi) is 6.43. The average molecular weight is 338 g/mol. The molecule has 0 amide bonds. The fraction of sp³-hybridized carbons (Fsp3) is 0.667. The van der Waals surface area contributed by atoms with Gasteiger partial charge in [-0.05, 0) is 25.0 Å². The van der Waals surface area contributed by atoms with E-state index in [9.17, 15) is 9.50 Å². The van der Waals surface area contributed by atoms with E-state index in [1.54, 1.807) is 6.07 Å². The Hall–Kier alpha value is -1.21. The highest BCUT2D eigenvalue weighted by atomic mass is 19.1. The van der Waals surface area contributed by atoms with Crippen LogP contribution in [0.15, 0.2) is 24.3 Å². The first-order valence-electron chi connectivity index (χ1n) is 8.81. The van der Waals surface area contributed by atoms with Crippen molar-refractivity contribution in [2.45, 2.75) is 25.0 Å². The minimum Gasteiger partial charge on any atom is -0.389 e. The molecule has 6 heteroatoms. The van der Waals surface area contributed by atoms with Crippen molar-refractivity contribution in [1.82, 2.24) is 4.90 Å². The van der Waals surface area contributed by atoms with Crippen LogP contribution in [0.4, 0.5) is 10.1 Å². The molecule has 24 heavy (non-hydrogen) atoms. The summed E-state index contributed by atoms with van der Waals surface area (Å²) in [5.41, 5.74) is 0.664. The topological polar surface area (TPSA) is 45.2 Å². The number of hydrogen-bond donors (Lipinski definition) is 1. The van der Waals surface area contributed by atoms with Crippen molar-refractivity contribution in [3.63, 3.8) is 0 Å². The second-order valence-corrected chi connectivity index (χ2v) is 6.57. The van der Waals surface area contributed by atoms with Gasteiger partial charge in [-0.3, -0.25) is 4.90 Å². The fourth-order valence-corrected chi connectivity index (χ4v) is 3.34. The van der Waals surface area contributed by atoms with Crippen molar-refractivity contribution in [1.29, 1.82) is 0 Å². The summed E-state index contributed by atoms with van der Waals surface area (Å²) in [4.78, 5) is 4.27. The number of nitrogens with zero attached hydrogens (tertiary/aromatic N) is 2. The van der Waals surface area contributed by atoms with E-state index in [0.29, 0.717) is 25.4 Å². The third-order valence-electron chi connectivity index (χ3n) is 4.67. The van der Waals surface area contributed by atoms with Crippen molar-refractivity contribution in [3.8, 4) is 0 Å². The van der Waals surface area contributed by atoms with E-state index in [1.165, 1.54) is 6.07 Å². The van der Waals surface area contributed by atoms with Crippen LogP contribution in [0.5, 0.6) is 0 Å². The third-order valence-corrected chi connectivity index (χ3v) is 4.67. The molecule has 1 aromatic carbocycles. The van der Waals surface area contributed by atoms with Gasteiger partial charge < -0.3 is 19.5 Å². The molecule has 2 heterocycles. The molecule has 2 saturated heterocycles. The van der Waals surface area contributed by atoms with Crippen molar-refractivity contribution in [2.24, 2.45) is 0 Å². The Bertz CT molecular complexity index is 503. The van der Waals surface area contributed by atoms with E-state index in [2.05, 4.69) is 9.80 Å². The lowest BCUT2D eigenvalue weighted by Crippen LogP contribution is -2.49. The van der Waals surface area contributed by atoms with Gasteiger partial charge in [-0.1, -0.05) is 12.1 Å². The SMILES string of the molecule is OC(COCC1CCCO1)CN1CCN(c2ccccc2F)CC1. The minimum atomic E-state index is -0.494. The molecule has 2 fully saturated rings. The molecule has 0 radical (unpaired) electrons. The number of β-amino-alcohol motifs (C(OH)–C–C–N with tert-alkyl or cyclic N) is 1. The lowest BCUT2D eigenvalue weighted by Gasteiger charge is -2.37. The van der Waals surface area contributed by atoms with Gasteiger partial charge in [-0.2, -0.15) is 0 Å². The first-order chi connectivity index (χ1) is 11.7. The maximum Gasteiger partial charge on any atom is 0.146 e. The molecule has 1 N–H and O–H groups in total. The Morgan fingerprint density at radius 3 is 2.75 bits per heavy atom. The minimum absolute atomic E-state index is 0.173. The molecule has 0 bridgehead atoms. The summed E-state index contributed by atoms with van der Waals surface area (Å²) < 4.78 is 24.9. The first kappa shape index (κ1) is 17.6. The van der Waals surface area contributed by atoms with E-state index in [-0.39, 0.29) is 11.9 Å². The number of anilines is 1. The van der Waals surface area contributed by atoms with Crippen molar-refractivity contribution in [3.05, 3.63) is 30.1 Å². The summed E-state index contributed by atoms with van der Waals surface area (Å²) in [7, 11) is 0. The van der Waals surface area contributed by atoms with Crippen LogP contribution >= 0.6 is 0 Å². The number of benzene rings is 1. The maximum atomic E-state index is 13.8. The third kappa shape index (κ3) is 4.89. The zero-order valence-corrected chi connectivity index (χ0v) is 14.1. The quantitative estimate of drug-likeness (QED) is 0.816. The van der Waals surface area contributed by atoms with Gasteiger partial charge in [-0.15, -0.1) is 0 Å². The summed E-state index contributed by atoms with van der Waals surface area (Å²) in [6.45, 7) is 5.49. The number of aliphatic hydroxyl groups excluding tert-OH is 1. The molecule has 0 saturated carbocycles.